The molecule has 2 nitrogen and oxygen atoms in total. The van der Waals surface area contributed by atoms with Crippen LogP contribution in [0.5, 0.6) is 0 Å². The number of carbonyl (C=O) groups excluding carboxylic acids is 1. The van der Waals surface area contributed by atoms with Crippen LogP contribution >= 0.6 is 0 Å². The van der Waals surface area contributed by atoms with Crippen molar-refractivity contribution in [3.63, 3.8) is 0 Å². The van der Waals surface area contributed by atoms with Gasteiger partial charge in [-0.1, -0.05) is 12.1 Å². The van der Waals surface area contributed by atoms with Crippen LogP contribution in [-0.2, 0) is 4.79 Å². The SMILES string of the molecule is CCN(CCC1CCCC1=O)c1ccccc1F. The molecule has 1 unspecified atom stereocenters. The second-order valence-corrected chi connectivity index (χ2v) is 4.88. The second-order valence-electron chi connectivity index (χ2n) is 4.88. The Bertz CT molecular complexity index is 419. The van der Waals surface area contributed by atoms with E-state index in [1.807, 2.05) is 17.9 Å². The topological polar surface area (TPSA) is 20.3 Å². The number of halogens is 1. The summed E-state index contributed by atoms with van der Waals surface area (Å²) in [7, 11) is 0. The first-order chi connectivity index (χ1) is 8.72. The summed E-state index contributed by atoms with van der Waals surface area (Å²) in [6.45, 7) is 3.54. The van der Waals surface area contributed by atoms with E-state index in [1.165, 1.54) is 6.07 Å². The Hall–Kier alpha value is -1.38. The minimum absolute atomic E-state index is 0.183. The highest BCUT2D eigenvalue weighted by Crippen LogP contribution is 2.26. The van der Waals surface area contributed by atoms with E-state index in [0.717, 1.165) is 38.8 Å². The average Bonchev–Trinajstić information content (AvgIpc) is 2.78. The molecule has 0 heterocycles. The number of hydrogen-bond acceptors (Lipinski definition) is 2. The van der Waals surface area contributed by atoms with Gasteiger partial charge in [0.1, 0.15) is 11.6 Å². The molecular weight excluding hydrogens is 229 g/mol. The van der Waals surface area contributed by atoms with Crippen LogP contribution in [0, 0.1) is 11.7 Å². The van der Waals surface area contributed by atoms with E-state index in [1.54, 1.807) is 12.1 Å². The second kappa shape index (κ2) is 5.98. The summed E-state index contributed by atoms with van der Waals surface area (Å²) in [5.74, 6) is 0.405. The lowest BCUT2D eigenvalue weighted by atomic mass is 10.0. The first kappa shape index (κ1) is 13.1. The van der Waals surface area contributed by atoms with E-state index in [9.17, 15) is 9.18 Å². The zero-order chi connectivity index (χ0) is 13.0. The lowest BCUT2D eigenvalue weighted by Gasteiger charge is -2.24. The van der Waals surface area contributed by atoms with Crippen LogP contribution < -0.4 is 4.90 Å². The summed E-state index contributed by atoms with van der Waals surface area (Å²) >= 11 is 0. The number of Topliss-reactive ketones (excluding diaryl/α,β-unsaturated/α-hetero) is 1. The number of carbonyl (C=O) groups is 1. The molecule has 0 amide bonds. The molecule has 18 heavy (non-hydrogen) atoms. The van der Waals surface area contributed by atoms with Crippen molar-refractivity contribution in [2.45, 2.75) is 32.6 Å². The Morgan fingerprint density at radius 2 is 2.17 bits per heavy atom. The zero-order valence-electron chi connectivity index (χ0n) is 10.9. The Labute approximate surface area is 108 Å². The van der Waals surface area contributed by atoms with E-state index in [0.29, 0.717) is 11.5 Å². The first-order valence-electron chi connectivity index (χ1n) is 6.74. The van der Waals surface area contributed by atoms with Gasteiger partial charge in [0.2, 0.25) is 0 Å². The maximum absolute atomic E-state index is 13.7. The van der Waals surface area contributed by atoms with Crippen molar-refractivity contribution in [2.75, 3.05) is 18.0 Å². The van der Waals surface area contributed by atoms with Crippen molar-refractivity contribution in [2.24, 2.45) is 5.92 Å². The summed E-state index contributed by atoms with van der Waals surface area (Å²) in [5.41, 5.74) is 0.644. The molecule has 2 rings (SSSR count). The molecule has 1 atom stereocenters. The normalized spacial score (nSPS) is 19.2. The highest BCUT2D eigenvalue weighted by Gasteiger charge is 2.24. The van der Waals surface area contributed by atoms with Crippen LogP contribution in [0.1, 0.15) is 32.6 Å². The van der Waals surface area contributed by atoms with Gasteiger partial charge in [0, 0.05) is 25.4 Å². The molecule has 0 N–H and O–H groups in total. The third kappa shape index (κ3) is 2.89. The summed E-state index contributed by atoms with van der Waals surface area (Å²) in [4.78, 5) is 13.6. The van der Waals surface area contributed by atoms with Crippen molar-refractivity contribution < 1.29 is 9.18 Å². The van der Waals surface area contributed by atoms with Crippen molar-refractivity contribution in [3.8, 4) is 0 Å². The predicted octanol–water partition coefficient (Wildman–Crippen LogP) is 3.41. The van der Waals surface area contributed by atoms with Gasteiger partial charge >= 0.3 is 0 Å². The Morgan fingerprint density at radius 3 is 2.78 bits per heavy atom. The van der Waals surface area contributed by atoms with Gasteiger partial charge < -0.3 is 4.90 Å². The molecule has 0 spiro atoms. The molecule has 0 saturated heterocycles. The molecular formula is C15H20FNO. The molecule has 0 radical (unpaired) electrons. The largest absolute Gasteiger partial charge is 0.369 e. The molecule has 1 aliphatic rings. The summed E-state index contributed by atoms with van der Waals surface area (Å²) in [6.07, 6.45) is 3.61. The van der Waals surface area contributed by atoms with Gasteiger partial charge in [-0.05, 0) is 38.3 Å². The van der Waals surface area contributed by atoms with Crippen LogP contribution in [-0.4, -0.2) is 18.9 Å². The van der Waals surface area contributed by atoms with Gasteiger partial charge in [0.05, 0.1) is 5.69 Å². The summed E-state index contributed by atoms with van der Waals surface area (Å²) in [5, 5.41) is 0. The Morgan fingerprint density at radius 1 is 1.39 bits per heavy atom. The fourth-order valence-corrected chi connectivity index (χ4v) is 2.66. The molecule has 1 aromatic carbocycles. The lowest BCUT2D eigenvalue weighted by Crippen LogP contribution is -2.27. The fraction of sp³-hybridized carbons (Fsp3) is 0.533. The number of para-hydroxylation sites is 1. The standard InChI is InChI=1S/C15H20FNO/c1-2-17(14-8-4-3-7-13(14)16)11-10-12-6-5-9-15(12)18/h3-4,7-8,12H,2,5-6,9-11H2,1H3. The zero-order valence-corrected chi connectivity index (χ0v) is 10.9. The monoisotopic (exact) mass is 249 g/mol. The van der Waals surface area contributed by atoms with Crippen LogP contribution in [0.4, 0.5) is 10.1 Å². The van der Waals surface area contributed by atoms with Crippen molar-refractivity contribution in [3.05, 3.63) is 30.1 Å². The molecule has 1 aromatic rings. The third-order valence-electron chi connectivity index (χ3n) is 3.75. The molecule has 1 fully saturated rings. The Balaban J connectivity index is 1.97. The van der Waals surface area contributed by atoms with Crippen LogP contribution in [0.3, 0.4) is 0 Å². The maximum Gasteiger partial charge on any atom is 0.146 e. The quantitative estimate of drug-likeness (QED) is 0.797. The highest BCUT2D eigenvalue weighted by atomic mass is 19.1. The fourth-order valence-electron chi connectivity index (χ4n) is 2.66. The number of rotatable bonds is 5. The number of anilines is 1. The molecule has 1 saturated carbocycles. The first-order valence-corrected chi connectivity index (χ1v) is 6.74. The van der Waals surface area contributed by atoms with Gasteiger partial charge in [-0.25, -0.2) is 4.39 Å². The average molecular weight is 249 g/mol. The van der Waals surface area contributed by atoms with Crippen LogP contribution in [0.25, 0.3) is 0 Å². The molecule has 98 valence electrons. The van der Waals surface area contributed by atoms with Crippen molar-refractivity contribution in [1.82, 2.24) is 0 Å². The number of ketones is 1. The third-order valence-corrected chi connectivity index (χ3v) is 3.75. The minimum Gasteiger partial charge on any atom is -0.369 e. The predicted molar refractivity (Wildman–Crippen MR) is 71.3 cm³/mol. The van der Waals surface area contributed by atoms with E-state index in [2.05, 4.69) is 0 Å². The molecule has 3 heteroatoms. The molecule has 0 bridgehead atoms. The van der Waals surface area contributed by atoms with Crippen LogP contribution in [0.2, 0.25) is 0 Å². The van der Waals surface area contributed by atoms with Gasteiger partial charge in [0.25, 0.3) is 0 Å². The molecule has 1 aliphatic carbocycles. The number of benzene rings is 1. The highest BCUT2D eigenvalue weighted by molar-refractivity contribution is 5.82. The maximum atomic E-state index is 13.7. The van der Waals surface area contributed by atoms with Gasteiger partial charge in [-0.3, -0.25) is 4.79 Å². The number of hydrogen-bond donors (Lipinski definition) is 0. The van der Waals surface area contributed by atoms with E-state index in [4.69, 9.17) is 0 Å². The summed E-state index contributed by atoms with van der Waals surface area (Å²) < 4.78 is 13.7. The molecule has 0 aromatic heterocycles. The number of nitrogens with zero attached hydrogens (tertiary/aromatic N) is 1. The van der Waals surface area contributed by atoms with E-state index < -0.39 is 0 Å². The lowest BCUT2D eigenvalue weighted by molar-refractivity contribution is -0.120. The van der Waals surface area contributed by atoms with E-state index in [-0.39, 0.29) is 11.7 Å². The van der Waals surface area contributed by atoms with E-state index >= 15 is 0 Å². The minimum atomic E-state index is -0.183. The van der Waals surface area contributed by atoms with Gasteiger partial charge in [-0.2, -0.15) is 0 Å². The molecule has 0 aliphatic heterocycles. The van der Waals surface area contributed by atoms with Crippen LogP contribution in [0.15, 0.2) is 24.3 Å². The van der Waals surface area contributed by atoms with Gasteiger partial charge in [0.15, 0.2) is 0 Å². The van der Waals surface area contributed by atoms with Crippen molar-refractivity contribution >= 4 is 11.5 Å². The van der Waals surface area contributed by atoms with Crippen molar-refractivity contribution in [1.29, 1.82) is 0 Å². The smallest absolute Gasteiger partial charge is 0.146 e. The van der Waals surface area contributed by atoms with Gasteiger partial charge in [-0.15, -0.1) is 0 Å². The summed E-state index contributed by atoms with van der Waals surface area (Å²) in [6, 6.07) is 6.84. The Kier molecular flexibility index (Phi) is 4.34.